The van der Waals surface area contributed by atoms with Gasteiger partial charge in [0.2, 0.25) is 0 Å². The maximum Gasteiger partial charge on any atom is 0.305 e. The van der Waals surface area contributed by atoms with E-state index >= 15 is 0 Å². The number of fused-ring (bicyclic) bond motifs is 3. The lowest BCUT2D eigenvalue weighted by Gasteiger charge is -2.46. The average molecular weight is 368 g/mol. The number of ether oxygens (including phenoxy) is 4. The molecule has 0 spiro atoms. The summed E-state index contributed by atoms with van der Waals surface area (Å²) in [5.41, 5.74) is 0. The molecule has 7 unspecified atom stereocenters. The van der Waals surface area contributed by atoms with Gasteiger partial charge in [-0.2, -0.15) is 0 Å². The Morgan fingerprint density at radius 2 is 1.88 bits per heavy atom. The van der Waals surface area contributed by atoms with Crippen molar-refractivity contribution in [2.75, 3.05) is 13.2 Å². The topological polar surface area (TPSA) is 77.5 Å². The van der Waals surface area contributed by atoms with E-state index < -0.39 is 6.29 Å². The second kappa shape index (κ2) is 8.55. The van der Waals surface area contributed by atoms with Gasteiger partial charge in [-0.05, 0) is 57.3 Å². The Morgan fingerprint density at radius 1 is 1.00 bits per heavy atom. The van der Waals surface area contributed by atoms with Gasteiger partial charge in [-0.3, -0.25) is 4.79 Å². The van der Waals surface area contributed by atoms with Gasteiger partial charge in [0.25, 0.3) is 0 Å². The third-order valence-corrected chi connectivity index (χ3v) is 6.43. The molecule has 2 saturated carbocycles. The maximum absolute atomic E-state index is 11.8. The van der Waals surface area contributed by atoms with Crippen LogP contribution in [0.15, 0.2) is 0 Å². The molecule has 0 aromatic carbocycles. The molecule has 6 nitrogen and oxygen atoms in total. The molecule has 2 bridgehead atoms. The molecule has 5 aliphatic rings. The van der Waals surface area contributed by atoms with Crippen molar-refractivity contribution in [3.05, 3.63) is 0 Å². The molecule has 3 saturated heterocycles. The summed E-state index contributed by atoms with van der Waals surface area (Å²) >= 11 is 0. The van der Waals surface area contributed by atoms with Gasteiger partial charge in [-0.15, -0.1) is 0 Å². The lowest BCUT2D eigenvalue weighted by molar-refractivity contribution is -0.209. The van der Waals surface area contributed by atoms with Crippen molar-refractivity contribution in [2.45, 2.75) is 94.9 Å². The Morgan fingerprint density at radius 3 is 2.65 bits per heavy atom. The molecule has 2 aliphatic carbocycles. The van der Waals surface area contributed by atoms with Gasteiger partial charge in [0, 0.05) is 18.8 Å². The molecule has 0 radical (unpaired) electrons. The SMILES string of the molecule is O=C(CCCCC(O)OCC1CCC2CC1O2)OCC1CCC2OC2C1. The molecule has 3 heterocycles. The van der Waals surface area contributed by atoms with Crippen molar-refractivity contribution in [2.24, 2.45) is 11.8 Å². The van der Waals surface area contributed by atoms with Gasteiger partial charge < -0.3 is 24.1 Å². The summed E-state index contributed by atoms with van der Waals surface area (Å²) in [6.45, 7) is 1.11. The van der Waals surface area contributed by atoms with E-state index in [4.69, 9.17) is 18.9 Å². The van der Waals surface area contributed by atoms with E-state index in [1.165, 1.54) is 0 Å². The highest BCUT2D eigenvalue weighted by Gasteiger charge is 2.44. The second-order valence-corrected chi connectivity index (χ2v) is 8.48. The van der Waals surface area contributed by atoms with Crippen LogP contribution in [0.1, 0.15) is 64.2 Å². The molecule has 5 fully saturated rings. The predicted molar refractivity (Wildman–Crippen MR) is 93.4 cm³/mol. The van der Waals surface area contributed by atoms with E-state index in [0.29, 0.717) is 62.3 Å². The maximum atomic E-state index is 11.8. The van der Waals surface area contributed by atoms with Crippen molar-refractivity contribution >= 4 is 5.97 Å². The molecule has 3 aliphatic heterocycles. The summed E-state index contributed by atoms with van der Waals surface area (Å²) < 4.78 is 22.2. The van der Waals surface area contributed by atoms with E-state index in [1.54, 1.807) is 0 Å². The van der Waals surface area contributed by atoms with Crippen LogP contribution in [0.25, 0.3) is 0 Å². The highest BCUT2D eigenvalue weighted by atomic mass is 16.6. The Bertz CT molecular complexity index is 474. The number of hydrogen-bond donors (Lipinski definition) is 1. The molecule has 0 amide bonds. The molecule has 0 aromatic heterocycles. The zero-order valence-electron chi connectivity index (χ0n) is 15.5. The molecule has 148 valence electrons. The van der Waals surface area contributed by atoms with Gasteiger partial charge in [0.05, 0.1) is 37.6 Å². The standard InChI is InChI=1S/C20H32O6/c21-19(23-11-13-5-8-16-18(9-13)26-16)3-1-2-4-20(22)24-12-14-6-7-15-10-17(14)25-15/h13-18,20,22H,1-12H2. The van der Waals surface area contributed by atoms with Crippen molar-refractivity contribution in [3.63, 3.8) is 0 Å². The number of hydrogen-bond acceptors (Lipinski definition) is 6. The van der Waals surface area contributed by atoms with Crippen LogP contribution in [-0.2, 0) is 23.7 Å². The lowest BCUT2D eigenvalue weighted by atomic mass is 9.80. The van der Waals surface area contributed by atoms with E-state index in [9.17, 15) is 9.90 Å². The van der Waals surface area contributed by atoms with E-state index in [-0.39, 0.29) is 5.97 Å². The normalized spacial score (nSPS) is 38.8. The van der Waals surface area contributed by atoms with Crippen molar-refractivity contribution < 1.29 is 28.8 Å². The number of rotatable bonds is 10. The fourth-order valence-corrected chi connectivity index (χ4v) is 4.59. The van der Waals surface area contributed by atoms with E-state index in [0.717, 1.165) is 51.4 Å². The Hall–Kier alpha value is -0.690. The summed E-state index contributed by atoms with van der Waals surface area (Å²) in [7, 11) is 0. The van der Waals surface area contributed by atoms with Crippen molar-refractivity contribution in [1.29, 1.82) is 0 Å². The minimum absolute atomic E-state index is 0.127. The van der Waals surface area contributed by atoms with Crippen LogP contribution in [0.2, 0.25) is 0 Å². The zero-order chi connectivity index (χ0) is 17.9. The third kappa shape index (κ3) is 4.97. The Balaban J connectivity index is 0.996. The van der Waals surface area contributed by atoms with Crippen LogP contribution in [0, 0.1) is 11.8 Å². The first-order chi connectivity index (χ1) is 12.7. The van der Waals surface area contributed by atoms with Crippen molar-refractivity contribution in [3.8, 4) is 0 Å². The largest absolute Gasteiger partial charge is 0.465 e. The smallest absolute Gasteiger partial charge is 0.305 e. The zero-order valence-corrected chi connectivity index (χ0v) is 15.5. The lowest BCUT2D eigenvalue weighted by Crippen LogP contribution is -2.49. The quantitative estimate of drug-likeness (QED) is 0.276. The summed E-state index contributed by atoms with van der Waals surface area (Å²) in [6.07, 6.45) is 10.2. The number of aliphatic hydroxyl groups is 1. The monoisotopic (exact) mass is 368 g/mol. The number of unbranched alkanes of at least 4 members (excludes halogenated alkanes) is 1. The molecule has 5 rings (SSSR count). The third-order valence-electron chi connectivity index (χ3n) is 6.43. The molecule has 0 aromatic rings. The molecule has 7 atom stereocenters. The first-order valence-electron chi connectivity index (χ1n) is 10.4. The second-order valence-electron chi connectivity index (χ2n) is 8.48. The van der Waals surface area contributed by atoms with Crippen LogP contribution in [0.5, 0.6) is 0 Å². The van der Waals surface area contributed by atoms with E-state index in [1.807, 2.05) is 0 Å². The number of carbonyl (C=O) groups excluding carboxylic acids is 1. The highest BCUT2D eigenvalue weighted by molar-refractivity contribution is 5.69. The van der Waals surface area contributed by atoms with Crippen LogP contribution in [0.4, 0.5) is 0 Å². The summed E-state index contributed by atoms with van der Waals surface area (Å²) in [6, 6.07) is 0. The number of esters is 1. The minimum Gasteiger partial charge on any atom is -0.465 e. The predicted octanol–water partition coefficient (Wildman–Crippen LogP) is 2.56. The fraction of sp³-hybridized carbons (Fsp3) is 0.950. The Labute approximate surface area is 155 Å². The summed E-state index contributed by atoms with van der Waals surface area (Å²) in [4.78, 5) is 11.8. The van der Waals surface area contributed by atoms with E-state index in [2.05, 4.69) is 0 Å². The fourth-order valence-electron chi connectivity index (χ4n) is 4.59. The number of carbonyl (C=O) groups is 1. The van der Waals surface area contributed by atoms with Crippen LogP contribution in [-0.4, -0.2) is 55.0 Å². The molecule has 1 N–H and O–H groups in total. The molecular formula is C20H32O6. The molecular weight excluding hydrogens is 336 g/mol. The first-order valence-corrected chi connectivity index (χ1v) is 10.4. The molecule has 6 heteroatoms. The van der Waals surface area contributed by atoms with Crippen LogP contribution >= 0.6 is 0 Å². The summed E-state index contributed by atoms with van der Waals surface area (Å²) in [5.74, 6) is 0.770. The van der Waals surface area contributed by atoms with Gasteiger partial charge in [-0.25, -0.2) is 0 Å². The molecule has 26 heavy (non-hydrogen) atoms. The van der Waals surface area contributed by atoms with Crippen LogP contribution in [0.3, 0.4) is 0 Å². The number of epoxide rings is 1. The van der Waals surface area contributed by atoms with Gasteiger partial charge in [0.1, 0.15) is 0 Å². The first kappa shape index (κ1) is 18.7. The minimum atomic E-state index is -0.738. The van der Waals surface area contributed by atoms with Gasteiger partial charge >= 0.3 is 5.97 Å². The van der Waals surface area contributed by atoms with Crippen molar-refractivity contribution in [1.82, 2.24) is 0 Å². The van der Waals surface area contributed by atoms with Gasteiger partial charge in [-0.1, -0.05) is 0 Å². The Kier molecular flexibility index (Phi) is 6.14. The van der Waals surface area contributed by atoms with Crippen LogP contribution < -0.4 is 0 Å². The highest BCUT2D eigenvalue weighted by Crippen LogP contribution is 2.40. The van der Waals surface area contributed by atoms with Gasteiger partial charge in [0.15, 0.2) is 6.29 Å². The summed E-state index contributed by atoms with van der Waals surface area (Å²) in [5, 5.41) is 9.96. The number of aliphatic hydroxyl groups excluding tert-OH is 1. The average Bonchev–Trinajstić information content (AvgIpc) is 3.40.